The summed E-state index contributed by atoms with van der Waals surface area (Å²) >= 11 is 7.59. The summed E-state index contributed by atoms with van der Waals surface area (Å²) in [6, 6.07) is 11.8. The van der Waals surface area contributed by atoms with Crippen LogP contribution in [0.15, 0.2) is 46.8 Å². The van der Waals surface area contributed by atoms with E-state index in [-0.39, 0.29) is 35.3 Å². The van der Waals surface area contributed by atoms with Crippen LogP contribution in [0.1, 0.15) is 34.5 Å². The Morgan fingerprint density at radius 1 is 1.18 bits per heavy atom. The predicted octanol–water partition coefficient (Wildman–Crippen LogP) is 4.04. The third-order valence-electron chi connectivity index (χ3n) is 4.78. The van der Waals surface area contributed by atoms with Crippen LogP contribution in [0.25, 0.3) is 0 Å². The van der Waals surface area contributed by atoms with E-state index < -0.39 is 0 Å². The molecule has 1 aliphatic rings. The molecule has 28 heavy (non-hydrogen) atoms. The van der Waals surface area contributed by atoms with Gasteiger partial charge in [-0.1, -0.05) is 29.8 Å². The minimum Gasteiger partial charge on any atom is -0.356 e. The van der Waals surface area contributed by atoms with Gasteiger partial charge in [0.2, 0.25) is 0 Å². The number of halogens is 2. The minimum absolute atomic E-state index is 0. The highest BCUT2D eigenvalue weighted by molar-refractivity contribution is 14.0. The Balaban J connectivity index is 0.00000280. The molecule has 1 amide bonds. The quantitative estimate of drug-likeness (QED) is 0.208. The largest absolute Gasteiger partial charge is 0.356 e. The van der Waals surface area contributed by atoms with Crippen LogP contribution in [0.3, 0.4) is 0 Å². The highest BCUT2D eigenvalue weighted by Gasteiger charge is 2.44. The average molecular weight is 533 g/mol. The number of hydrogen-bond acceptors (Lipinski definition) is 3. The minimum atomic E-state index is -0.00953. The van der Waals surface area contributed by atoms with Crippen LogP contribution in [-0.2, 0) is 5.41 Å². The maximum Gasteiger partial charge on any atom is 0.261 e. The van der Waals surface area contributed by atoms with Gasteiger partial charge in [-0.15, -0.1) is 35.3 Å². The Morgan fingerprint density at radius 2 is 1.96 bits per heavy atom. The third-order valence-corrected chi connectivity index (χ3v) is 5.89. The number of amides is 1. The van der Waals surface area contributed by atoms with Gasteiger partial charge in [-0.2, -0.15) is 0 Å². The van der Waals surface area contributed by atoms with Gasteiger partial charge in [0, 0.05) is 37.1 Å². The second kappa shape index (κ2) is 11.0. The van der Waals surface area contributed by atoms with Crippen molar-refractivity contribution in [1.29, 1.82) is 0 Å². The van der Waals surface area contributed by atoms with E-state index >= 15 is 0 Å². The summed E-state index contributed by atoms with van der Waals surface area (Å²) in [4.78, 5) is 16.9. The third kappa shape index (κ3) is 6.35. The van der Waals surface area contributed by atoms with Gasteiger partial charge >= 0.3 is 0 Å². The maximum absolute atomic E-state index is 11.9. The van der Waals surface area contributed by atoms with E-state index in [1.54, 1.807) is 7.05 Å². The molecule has 152 valence electrons. The molecule has 2 aromatic rings. The lowest BCUT2D eigenvalue weighted by Gasteiger charge is -2.19. The number of nitrogens with zero attached hydrogens (tertiary/aromatic N) is 1. The van der Waals surface area contributed by atoms with Crippen LogP contribution in [-0.4, -0.2) is 38.5 Å². The summed E-state index contributed by atoms with van der Waals surface area (Å²) in [5.41, 5.74) is 1.45. The first-order chi connectivity index (χ1) is 13.1. The van der Waals surface area contributed by atoms with E-state index in [1.165, 1.54) is 16.9 Å². The number of rotatable bonds is 8. The van der Waals surface area contributed by atoms with Crippen molar-refractivity contribution in [2.75, 3.05) is 26.7 Å². The first-order valence-electron chi connectivity index (χ1n) is 9.15. The van der Waals surface area contributed by atoms with E-state index in [0.29, 0.717) is 6.54 Å². The molecular weight excluding hydrogens is 507 g/mol. The lowest BCUT2D eigenvalue weighted by Crippen LogP contribution is -2.42. The van der Waals surface area contributed by atoms with Crippen molar-refractivity contribution in [2.24, 2.45) is 4.99 Å². The second-order valence-corrected chi connectivity index (χ2v) is 8.11. The van der Waals surface area contributed by atoms with Crippen molar-refractivity contribution >= 4 is 58.8 Å². The van der Waals surface area contributed by atoms with Crippen molar-refractivity contribution < 1.29 is 4.79 Å². The number of guanidine groups is 1. The van der Waals surface area contributed by atoms with Gasteiger partial charge in [0.05, 0.1) is 4.88 Å². The molecule has 0 unspecified atom stereocenters. The molecule has 5 nitrogen and oxygen atoms in total. The molecule has 0 saturated heterocycles. The topological polar surface area (TPSA) is 65.5 Å². The maximum atomic E-state index is 11.9. The van der Waals surface area contributed by atoms with Crippen molar-refractivity contribution in [2.45, 2.75) is 24.7 Å². The SMILES string of the molecule is CN=C(NCCCNC(=O)c1cccs1)NCC1(c2cccc(Cl)c2)CC1.I. The van der Waals surface area contributed by atoms with Gasteiger partial charge in [-0.3, -0.25) is 9.79 Å². The van der Waals surface area contributed by atoms with Gasteiger partial charge < -0.3 is 16.0 Å². The smallest absolute Gasteiger partial charge is 0.261 e. The molecule has 3 rings (SSSR count). The first kappa shape index (κ1) is 23.0. The van der Waals surface area contributed by atoms with Crippen LogP contribution in [0, 0.1) is 0 Å². The average Bonchev–Trinajstić information content (AvgIpc) is 3.26. The zero-order chi connectivity index (χ0) is 19.1. The molecule has 0 radical (unpaired) electrons. The van der Waals surface area contributed by atoms with Gasteiger partial charge in [-0.25, -0.2) is 0 Å². The number of carbonyl (C=O) groups is 1. The second-order valence-electron chi connectivity index (χ2n) is 6.73. The van der Waals surface area contributed by atoms with Crippen molar-refractivity contribution in [3.63, 3.8) is 0 Å². The highest BCUT2D eigenvalue weighted by atomic mass is 127. The standard InChI is InChI=1S/C20H25ClN4OS.HI/c1-22-19(24-11-4-10-23-18(26)17-7-3-12-27-17)25-14-20(8-9-20)15-5-2-6-16(21)13-15;/h2-3,5-7,12-13H,4,8-11,14H2,1H3,(H,23,26)(H2,22,24,25);1H. The molecular formula is C20H26ClIN4OS. The molecule has 1 fully saturated rings. The fraction of sp³-hybridized carbons (Fsp3) is 0.400. The van der Waals surface area contributed by atoms with Gasteiger partial charge in [0.15, 0.2) is 5.96 Å². The molecule has 1 heterocycles. The Bertz CT molecular complexity index is 793. The van der Waals surface area contributed by atoms with E-state index in [0.717, 1.165) is 48.2 Å². The zero-order valence-electron chi connectivity index (χ0n) is 15.8. The molecule has 0 spiro atoms. The lowest BCUT2D eigenvalue weighted by atomic mass is 9.96. The van der Waals surface area contributed by atoms with Crippen LogP contribution < -0.4 is 16.0 Å². The van der Waals surface area contributed by atoms with E-state index in [9.17, 15) is 4.79 Å². The highest BCUT2D eigenvalue weighted by Crippen LogP contribution is 2.48. The molecule has 8 heteroatoms. The monoisotopic (exact) mass is 532 g/mol. The molecule has 1 aliphatic carbocycles. The van der Waals surface area contributed by atoms with Gasteiger partial charge in [0.25, 0.3) is 5.91 Å². The fourth-order valence-electron chi connectivity index (χ4n) is 3.00. The van der Waals surface area contributed by atoms with E-state index in [4.69, 9.17) is 11.6 Å². The Morgan fingerprint density at radius 3 is 2.61 bits per heavy atom. The van der Waals surface area contributed by atoms with Crippen LogP contribution in [0.2, 0.25) is 5.02 Å². The molecule has 1 aromatic heterocycles. The van der Waals surface area contributed by atoms with E-state index in [1.807, 2.05) is 29.6 Å². The predicted molar refractivity (Wildman–Crippen MR) is 128 cm³/mol. The lowest BCUT2D eigenvalue weighted by molar-refractivity contribution is 0.0957. The number of aliphatic imine (C=N–C) groups is 1. The first-order valence-corrected chi connectivity index (χ1v) is 10.4. The molecule has 0 atom stereocenters. The molecule has 0 aliphatic heterocycles. The van der Waals surface area contributed by atoms with Crippen molar-refractivity contribution in [3.8, 4) is 0 Å². The Kier molecular flexibility index (Phi) is 9.04. The summed E-state index contributed by atoms with van der Waals surface area (Å²) in [5.74, 6) is 0.776. The summed E-state index contributed by atoms with van der Waals surface area (Å²) < 4.78 is 0. The molecule has 0 bridgehead atoms. The zero-order valence-corrected chi connectivity index (χ0v) is 19.7. The Labute approximate surface area is 192 Å². The summed E-state index contributed by atoms with van der Waals surface area (Å²) in [6.45, 7) is 2.21. The summed E-state index contributed by atoms with van der Waals surface area (Å²) in [7, 11) is 1.77. The Hall–Kier alpha value is -1.32. The van der Waals surface area contributed by atoms with Crippen LogP contribution in [0.4, 0.5) is 0 Å². The molecule has 3 N–H and O–H groups in total. The van der Waals surface area contributed by atoms with Crippen molar-refractivity contribution in [1.82, 2.24) is 16.0 Å². The number of benzene rings is 1. The number of carbonyl (C=O) groups excluding carboxylic acids is 1. The molecule has 1 aromatic carbocycles. The van der Waals surface area contributed by atoms with Crippen molar-refractivity contribution in [3.05, 3.63) is 57.2 Å². The van der Waals surface area contributed by atoms with E-state index in [2.05, 4.69) is 33.1 Å². The normalized spacial score (nSPS) is 14.7. The summed E-state index contributed by atoms with van der Waals surface area (Å²) in [5, 5.41) is 12.3. The molecule has 1 saturated carbocycles. The van der Waals surface area contributed by atoms with Crippen LogP contribution in [0.5, 0.6) is 0 Å². The van der Waals surface area contributed by atoms with Gasteiger partial charge in [0.1, 0.15) is 0 Å². The van der Waals surface area contributed by atoms with Gasteiger partial charge in [-0.05, 0) is 48.4 Å². The number of thiophene rings is 1. The number of hydrogen-bond donors (Lipinski definition) is 3. The summed E-state index contributed by atoms with van der Waals surface area (Å²) in [6.07, 6.45) is 3.15. The van der Waals surface area contributed by atoms with Crippen LogP contribution >= 0.6 is 46.9 Å². The fourth-order valence-corrected chi connectivity index (χ4v) is 3.83. The number of nitrogens with one attached hydrogen (secondary N) is 3.